The van der Waals surface area contributed by atoms with Gasteiger partial charge in [0.05, 0.1) is 26.5 Å². The fourth-order valence-corrected chi connectivity index (χ4v) is 5.84. The molecule has 9 nitrogen and oxygen atoms in total. The van der Waals surface area contributed by atoms with Crippen LogP contribution in [0, 0.1) is 13.8 Å². The fourth-order valence-electron chi connectivity index (χ4n) is 5.84. The van der Waals surface area contributed by atoms with Crippen LogP contribution in [0.4, 0.5) is 5.69 Å². The molecule has 1 saturated heterocycles. The number of benzene rings is 3. The minimum absolute atomic E-state index is 0.117. The molecule has 2 aliphatic rings. The minimum Gasteiger partial charge on any atom is -0.497 e. The molecule has 0 spiro atoms. The Morgan fingerprint density at radius 3 is 2.27 bits per heavy atom. The van der Waals surface area contributed by atoms with Crippen LogP contribution < -0.4 is 19.1 Å². The summed E-state index contributed by atoms with van der Waals surface area (Å²) in [5, 5.41) is 0. The van der Waals surface area contributed by atoms with Crippen molar-refractivity contribution in [2.24, 2.45) is 0 Å². The van der Waals surface area contributed by atoms with Gasteiger partial charge in [-0.3, -0.25) is 9.59 Å². The largest absolute Gasteiger partial charge is 0.497 e. The zero-order valence-electron chi connectivity index (χ0n) is 23.3. The maximum atomic E-state index is 13.9. The number of rotatable bonds is 7. The highest BCUT2D eigenvalue weighted by atomic mass is 16.5. The summed E-state index contributed by atoms with van der Waals surface area (Å²) in [6.45, 7) is 3.89. The average molecular weight is 551 g/mol. The Labute approximate surface area is 238 Å². The molecule has 3 aromatic carbocycles. The number of hydrogen-bond acceptors (Lipinski definition) is 7. The molecule has 1 aromatic heterocycles. The van der Waals surface area contributed by atoms with E-state index in [0.29, 0.717) is 18.0 Å². The minimum atomic E-state index is -1.13. The monoisotopic (exact) mass is 550 g/mol. The van der Waals surface area contributed by atoms with Gasteiger partial charge in [0.25, 0.3) is 5.91 Å². The Kier molecular flexibility index (Phi) is 6.57. The van der Waals surface area contributed by atoms with Gasteiger partial charge in [-0.2, -0.15) is 0 Å². The predicted octanol–water partition coefficient (Wildman–Crippen LogP) is 4.19. The SMILES string of the molecule is COc1ccc(CN2C(=O)CN3C(=O)[C@@H](Oc4nc(C)cc(C)n4)[C@@]3(c3cccc(OC)c3)c3ccccc32)cc1. The summed E-state index contributed by atoms with van der Waals surface area (Å²) in [6.07, 6.45) is -1.01. The van der Waals surface area contributed by atoms with Gasteiger partial charge in [0.15, 0.2) is 0 Å². The summed E-state index contributed by atoms with van der Waals surface area (Å²) in [4.78, 5) is 40.0. The molecule has 0 radical (unpaired) electrons. The van der Waals surface area contributed by atoms with Gasteiger partial charge in [0.2, 0.25) is 12.0 Å². The van der Waals surface area contributed by atoms with Crippen molar-refractivity contribution in [2.75, 3.05) is 25.7 Å². The molecule has 1 fully saturated rings. The van der Waals surface area contributed by atoms with Crippen molar-refractivity contribution in [2.45, 2.75) is 32.0 Å². The van der Waals surface area contributed by atoms with Crippen molar-refractivity contribution < 1.29 is 23.8 Å². The molecular weight excluding hydrogens is 520 g/mol. The molecular formula is C32H30N4O5. The molecule has 0 aliphatic carbocycles. The zero-order chi connectivity index (χ0) is 28.7. The molecule has 0 unspecified atom stereocenters. The summed E-state index contributed by atoms with van der Waals surface area (Å²) in [6, 6.07) is 24.8. The number of hydrogen-bond donors (Lipinski definition) is 0. The van der Waals surface area contributed by atoms with Crippen molar-refractivity contribution in [1.82, 2.24) is 14.9 Å². The first-order valence-corrected chi connectivity index (χ1v) is 13.3. The number of β-lactam (4-membered cyclic amide) rings is 1. The average Bonchev–Trinajstić information content (AvgIpc) is 3.07. The van der Waals surface area contributed by atoms with E-state index < -0.39 is 11.6 Å². The topological polar surface area (TPSA) is 94.1 Å². The van der Waals surface area contributed by atoms with Crippen LogP contribution in [-0.4, -0.2) is 53.6 Å². The standard InChI is InChI=1S/C32H30N4O5/c1-20-16-21(2)34-31(33-20)41-29-30(38)36-19-28(37)35(18-22-12-14-24(39-3)15-13-22)27-11-6-5-10-26(27)32(29,36)23-8-7-9-25(17-23)40-4/h5-17,29H,18-19H2,1-4H3/t29-,32-/m1/s1. The van der Waals surface area contributed by atoms with E-state index in [1.165, 1.54) is 0 Å². The van der Waals surface area contributed by atoms with Gasteiger partial charge in [0, 0.05) is 17.0 Å². The molecule has 2 amide bonds. The smallest absolute Gasteiger partial charge is 0.317 e. The third kappa shape index (κ3) is 4.34. The second kappa shape index (κ2) is 10.2. The summed E-state index contributed by atoms with van der Waals surface area (Å²) >= 11 is 0. The molecule has 0 saturated carbocycles. The van der Waals surface area contributed by atoms with E-state index in [9.17, 15) is 9.59 Å². The van der Waals surface area contributed by atoms with Gasteiger partial charge in [-0.15, -0.1) is 0 Å². The van der Waals surface area contributed by atoms with Gasteiger partial charge in [-0.25, -0.2) is 9.97 Å². The first-order chi connectivity index (χ1) is 19.8. The van der Waals surface area contributed by atoms with Crippen LogP contribution in [0.25, 0.3) is 0 Å². The molecule has 4 aromatic rings. The Morgan fingerprint density at radius 2 is 1.56 bits per heavy atom. The lowest BCUT2D eigenvalue weighted by Crippen LogP contribution is -2.74. The Bertz CT molecular complexity index is 1620. The fraction of sp³-hybridized carbons (Fsp3) is 0.250. The first-order valence-electron chi connectivity index (χ1n) is 13.3. The third-order valence-corrected chi connectivity index (χ3v) is 7.69. The molecule has 6 rings (SSSR count). The number of amides is 2. The van der Waals surface area contributed by atoms with Gasteiger partial charge in [-0.1, -0.05) is 42.5 Å². The van der Waals surface area contributed by atoms with E-state index in [4.69, 9.17) is 14.2 Å². The van der Waals surface area contributed by atoms with E-state index in [0.717, 1.165) is 33.8 Å². The van der Waals surface area contributed by atoms with E-state index in [1.807, 2.05) is 92.7 Å². The molecule has 9 heteroatoms. The number of methoxy groups -OCH3 is 2. The number of fused-ring (bicyclic) bond motifs is 3. The van der Waals surface area contributed by atoms with E-state index in [1.54, 1.807) is 24.0 Å². The summed E-state index contributed by atoms with van der Waals surface area (Å²) in [7, 11) is 3.21. The molecule has 0 bridgehead atoms. The van der Waals surface area contributed by atoms with Crippen LogP contribution in [0.15, 0.2) is 78.9 Å². The van der Waals surface area contributed by atoms with Gasteiger partial charge in [-0.05, 0) is 61.4 Å². The van der Waals surface area contributed by atoms with Crippen LogP contribution in [0.1, 0.15) is 28.1 Å². The van der Waals surface area contributed by atoms with Crippen molar-refractivity contribution in [1.29, 1.82) is 0 Å². The molecule has 2 aliphatic heterocycles. The van der Waals surface area contributed by atoms with E-state index >= 15 is 0 Å². The zero-order valence-corrected chi connectivity index (χ0v) is 23.3. The van der Waals surface area contributed by atoms with Crippen LogP contribution in [-0.2, 0) is 21.7 Å². The highest BCUT2D eigenvalue weighted by Crippen LogP contribution is 2.53. The highest BCUT2D eigenvalue weighted by molar-refractivity contribution is 6.04. The van der Waals surface area contributed by atoms with Gasteiger partial charge in [0.1, 0.15) is 23.6 Å². The predicted molar refractivity (Wildman–Crippen MR) is 152 cm³/mol. The second-order valence-electron chi connectivity index (χ2n) is 10.2. The van der Waals surface area contributed by atoms with Crippen LogP contribution in [0.3, 0.4) is 0 Å². The third-order valence-electron chi connectivity index (χ3n) is 7.69. The number of ether oxygens (including phenoxy) is 3. The summed E-state index contributed by atoms with van der Waals surface area (Å²) < 4.78 is 17.2. The van der Waals surface area contributed by atoms with Crippen molar-refractivity contribution >= 4 is 17.5 Å². The van der Waals surface area contributed by atoms with Gasteiger partial charge >= 0.3 is 6.01 Å². The lowest BCUT2D eigenvalue weighted by Gasteiger charge is -2.55. The molecule has 208 valence electrons. The van der Waals surface area contributed by atoms with E-state index in [-0.39, 0.29) is 24.4 Å². The van der Waals surface area contributed by atoms with E-state index in [2.05, 4.69) is 9.97 Å². The quantitative estimate of drug-likeness (QED) is 0.319. The molecule has 2 atom stereocenters. The van der Waals surface area contributed by atoms with Crippen LogP contribution in [0.2, 0.25) is 0 Å². The summed E-state index contributed by atoms with van der Waals surface area (Å²) in [5.41, 5.74) is 3.48. The van der Waals surface area contributed by atoms with Crippen LogP contribution >= 0.6 is 0 Å². The summed E-state index contributed by atoms with van der Waals surface area (Å²) in [5.74, 6) is 0.843. The van der Waals surface area contributed by atoms with Crippen molar-refractivity contribution in [3.63, 3.8) is 0 Å². The number of aromatic nitrogens is 2. The molecule has 3 heterocycles. The number of para-hydroxylation sites is 1. The highest BCUT2D eigenvalue weighted by Gasteiger charge is 2.67. The van der Waals surface area contributed by atoms with Crippen LogP contribution in [0.5, 0.6) is 17.5 Å². The molecule has 0 N–H and O–H groups in total. The normalized spacial score (nSPS) is 19.6. The number of anilines is 1. The van der Waals surface area contributed by atoms with Gasteiger partial charge < -0.3 is 24.0 Å². The Hall–Kier alpha value is -4.92. The molecule has 41 heavy (non-hydrogen) atoms. The lowest BCUT2D eigenvalue weighted by molar-refractivity contribution is -0.178. The Morgan fingerprint density at radius 1 is 0.854 bits per heavy atom. The lowest BCUT2D eigenvalue weighted by atomic mass is 9.69. The van der Waals surface area contributed by atoms with Crippen molar-refractivity contribution in [3.05, 3.63) is 107 Å². The van der Waals surface area contributed by atoms with Crippen molar-refractivity contribution in [3.8, 4) is 17.5 Å². The maximum absolute atomic E-state index is 13.9. The number of carbonyl (C=O) groups excluding carboxylic acids is 2. The maximum Gasteiger partial charge on any atom is 0.317 e. The second-order valence-corrected chi connectivity index (χ2v) is 10.2. The number of nitrogens with zero attached hydrogens (tertiary/aromatic N) is 4. The Balaban J connectivity index is 1.53. The first kappa shape index (κ1) is 26.3. The number of aryl methyl sites for hydroxylation is 2. The number of carbonyl (C=O) groups is 2.